The molecular weight excluding hydrogens is 442 g/mol. The van der Waals surface area contributed by atoms with Crippen molar-refractivity contribution in [1.29, 1.82) is 0 Å². The van der Waals surface area contributed by atoms with Gasteiger partial charge in [-0.1, -0.05) is 0 Å². The number of thiazole rings is 1. The van der Waals surface area contributed by atoms with Crippen LogP contribution in [0.5, 0.6) is 0 Å². The van der Waals surface area contributed by atoms with Crippen molar-refractivity contribution < 1.29 is 14.7 Å². The van der Waals surface area contributed by atoms with Crippen molar-refractivity contribution in [2.45, 2.75) is 51.8 Å². The Morgan fingerprint density at radius 3 is 2.82 bits per heavy atom. The van der Waals surface area contributed by atoms with Crippen LogP contribution in [-0.4, -0.2) is 86.5 Å². The van der Waals surface area contributed by atoms with Crippen molar-refractivity contribution in [3.8, 4) is 0 Å². The van der Waals surface area contributed by atoms with Gasteiger partial charge in [0.15, 0.2) is 0 Å². The van der Waals surface area contributed by atoms with Crippen LogP contribution in [0.1, 0.15) is 45.8 Å². The van der Waals surface area contributed by atoms with E-state index >= 15 is 0 Å². The highest BCUT2D eigenvalue weighted by Crippen LogP contribution is 2.24. The first kappa shape index (κ1) is 23.5. The van der Waals surface area contributed by atoms with Gasteiger partial charge in [-0.3, -0.25) is 14.5 Å². The van der Waals surface area contributed by atoms with Crippen LogP contribution in [0, 0.1) is 6.92 Å². The lowest BCUT2D eigenvalue weighted by Crippen LogP contribution is -2.42. The Hall–Kier alpha value is -2.63. The van der Waals surface area contributed by atoms with Crippen LogP contribution in [0.4, 0.5) is 5.82 Å². The lowest BCUT2D eigenvalue weighted by Gasteiger charge is -2.31. The first-order valence-corrected chi connectivity index (χ1v) is 12.2. The van der Waals surface area contributed by atoms with E-state index in [2.05, 4.69) is 30.5 Å². The molecule has 2 amide bonds. The summed E-state index contributed by atoms with van der Waals surface area (Å²) in [6.07, 6.45) is 3.24. The van der Waals surface area contributed by atoms with Gasteiger partial charge in [0.05, 0.1) is 16.8 Å². The molecule has 0 saturated carbocycles. The molecule has 11 heteroatoms. The quantitative estimate of drug-likeness (QED) is 0.540. The normalized spacial score (nSPS) is 18.0. The number of carbonyl (C=O) groups excluding carboxylic acids is 2. The van der Waals surface area contributed by atoms with Crippen molar-refractivity contribution in [2.75, 3.05) is 38.0 Å². The highest BCUT2D eigenvalue weighted by Gasteiger charge is 2.23. The average molecular weight is 474 g/mol. The monoisotopic (exact) mass is 473 g/mol. The molecular formula is C22H31N7O3S. The number of amides is 2. The van der Waals surface area contributed by atoms with E-state index in [-0.39, 0.29) is 30.1 Å². The van der Waals surface area contributed by atoms with Crippen LogP contribution in [0.2, 0.25) is 0 Å². The number of aliphatic hydroxyl groups is 1. The Kier molecular flexibility index (Phi) is 7.51. The molecule has 2 aromatic heterocycles. The minimum absolute atomic E-state index is 0.0975. The fourth-order valence-electron chi connectivity index (χ4n) is 4.31. The predicted molar refractivity (Wildman–Crippen MR) is 125 cm³/mol. The molecule has 2 aliphatic rings. The molecule has 4 heterocycles. The van der Waals surface area contributed by atoms with Gasteiger partial charge in [0.2, 0.25) is 5.91 Å². The van der Waals surface area contributed by atoms with Crippen molar-refractivity contribution in [3.63, 3.8) is 0 Å². The van der Waals surface area contributed by atoms with Crippen LogP contribution in [-0.2, 0) is 17.8 Å². The fourth-order valence-corrected chi connectivity index (χ4v) is 5.33. The Bertz CT molecular complexity index is 990. The summed E-state index contributed by atoms with van der Waals surface area (Å²) in [6, 6.07) is 1.82. The third-order valence-electron chi connectivity index (χ3n) is 6.08. The van der Waals surface area contributed by atoms with E-state index < -0.39 is 6.10 Å². The summed E-state index contributed by atoms with van der Waals surface area (Å²) in [6.45, 7) is 7.32. The molecule has 1 saturated heterocycles. The number of likely N-dealkylation sites (tertiary alicyclic amines) is 1. The van der Waals surface area contributed by atoms with Crippen molar-refractivity contribution in [2.24, 2.45) is 0 Å². The molecule has 0 radical (unpaired) electrons. The Morgan fingerprint density at radius 2 is 2.06 bits per heavy atom. The molecule has 3 N–H and O–H groups in total. The second kappa shape index (κ2) is 10.5. The molecule has 33 heavy (non-hydrogen) atoms. The molecule has 2 aromatic rings. The molecule has 0 aliphatic carbocycles. The van der Waals surface area contributed by atoms with Crippen molar-refractivity contribution in [1.82, 2.24) is 30.1 Å². The summed E-state index contributed by atoms with van der Waals surface area (Å²) in [5, 5.41) is 17.6. The largest absolute Gasteiger partial charge is 0.390 e. The lowest BCUT2D eigenvalue weighted by atomic mass is 10.1. The Labute approximate surface area is 197 Å². The highest BCUT2D eigenvalue weighted by atomic mass is 32.1. The van der Waals surface area contributed by atoms with E-state index in [1.54, 1.807) is 24.3 Å². The summed E-state index contributed by atoms with van der Waals surface area (Å²) in [5.41, 5.74) is 1.43. The third kappa shape index (κ3) is 6.24. The van der Waals surface area contributed by atoms with E-state index in [9.17, 15) is 14.7 Å². The number of aliphatic hydroxyl groups excluding tert-OH is 1. The molecule has 4 rings (SSSR count). The summed E-state index contributed by atoms with van der Waals surface area (Å²) >= 11 is 1.71. The van der Waals surface area contributed by atoms with E-state index in [0.717, 1.165) is 37.4 Å². The van der Waals surface area contributed by atoms with Crippen LogP contribution in [0.15, 0.2) is 12.4 Å². The summed E-state index contributed by atoms with van der Waals surface area (Å²) in [7, 11) is 0. The van der Waals surface area contributed by atoms with Crippen molar-refractivity contribution in [3.05, 3.63) is 33.7 Å². The number of hydrogen-bond acceptors (Lipinski definition) is 9. The Morgan fingerprint density at radius 1 is 1.27 bits per heavy atom. The zero-order valence-corrected chi connectivity index (χ0v) is 19.9. The van der Waals surface area contributed by atoms with E-state index in [1.165, 1.54) is 16.9 Å². The molecule has 178 valence electrons. The van der Waals surface area contributed by atoms with Crippen LogP contribution in [0.3, 0.4) is 0 Å². The minimum atomic E-state index is -0.671. The van der Waals surface area contributed by atoms with Crippen LogP contribution >= 0.6 is 11.3 Å². The maximum atomic E-state index is 12.6. The molecule has 1 fully saturated rings. The van der Waals surface area contributed by atoms with E-state index in [4.69, 9.17) is 0 Å². The SMILES string of the molecule is CC(=O)N1CCC(Nc2cc(C(=O)NC[C@H](O)CN3CCc4nc(C)sc4C3)ncn2)CC1. The zero-order chi connectivity index (χ0) is 23.4. The van der Waals surface area contributed by atoms with Gasteiger partial charge in [0.1, 0.15) is 17.8 Å². The number of anilines is 1. The minimum Gasteiger partial charge on any atom is -0.390 e. The molecule has 0 spiro atoms. The number of aromatic nitrogens is 3. The van der Waals surface area contributed by atoms with Crippen LogP contribution < -0.4 is 10.6 Å². The van der Waals surface area contributed by atoms with Gasteiger partial charge in [-0.25, -0.2) is 15.0 Å². The first-order valence-electron chi connectivity index (χ1n) is 11.3. The summed E-state index contributed by atoms with van der Waals surface area (Å²) < 4.78 is 0. The number of hydrogen-bond donors (Lipinski definition) is 3. The van der Waals surface area contributed by atoms with Gasteiger partial charge in [0.25, 0.3) is 5.91 Å². The molecule has 0 bridgehead atoms. The van der Waals surface area contributed by atoms with Gasteiger partial charge in [-0.2, -0.15) is 0 Å². The van der Waals surface area contributed by atoms with Gasteiger partial charge in [-0.05, 0) is 19.8 Å². The van der Waals surface area contributed by atoms with Gasteiger partial charge >= 0.3 is 0 Å². The topological polar surface area (TPSA) is 124 Å². The first-order chi connectivity index (χ1) is 15.9. The fraction of sp³-hybridized carbons (Fsp3) is 0.591. The molecule has 0 aromatic carbocycles. The second-order valence-electron chi connectivity index (χ2n) is 8.66. The number of carbonyl (C=O) groups is 2. The summed E-state index contributed by atoms with van der Waals surface area (Å²) in [5.74, 6) is 0.339. The van der Waals surface area contributed by atoms with Crippen molar-refractivity contribution >= 4 is 29.0 Å². The number of nitrogens with zero attached hydrogens (tertiary/aromatic N) is 5. The molecule has 0 unspecified atom stereocenters. The van der Waals surface area contributed by atoms with E-state index in [0.29, 0.717) is 25.5 Å². The smallest absolute Gasteiger partial charge is 0.270 e. The maximum absolute atomic E-state index is 12.6. The van der Waals surface area contributed by atoms with E-state index in [1.807, 2.05) is 11.8 Å². The predicted octanol–water partition coefficient (Wildman–Crippen LogP) is 0.813. The second-order valence-corrected chi connectivity index (χ2v) is 9.95. The number of nitrogens with one attached hydrogen (secondary N) is 2. The molecule has 2 aliphatic heterocycles. The highest BCUT2D eigenvalue weighted by molar-refractivity contribution is 7.11. The zero-order valence-electron chi connectivity index (χ0n) is 19.1. The molecule has 10 nitrogen and oxygen atoms in total. The van der Waals surface area contributed by atoms with Crippen LogP contribution in [0.25, 0.3) is 0 Å². The van der Waals surface area contributed by atoms with Gasteiger partial charge in [0, 0.05) is 69.6 Å². The number of β-amino-alcohol motifs (C(OH)–C–C–N with tert-alkyl or cyclic N) is 1. The number of piperidine rings is 1. The van der Waals surface area contributed by atoms with Gasteiger partial charge < -0.3 is 20.6 Å². The van der Waals surface area contributed by atoms with Gasteiger partial charge in [-0.15, -0.1) is 11.3 Å². The number of rotatable bonds is 7. The molecule has 1 atom stereocenters. The standard InChI is InChI=1S/C22H31N7O3S/c1-14-26-18-5-6-28(12-20(18)33-14)11-17(31)10-23-22(32)19-9-21(25-13-24-19)27-16-3-7-29(8-4-16)15(2)30/h9,13,16-17,31H,3-8,10-12H2,1-2H3,(H,23,32)(H,24,25,27)/t17-/m0/s1. The number of fused-ring (bicyclic) bond motifs is 1. The average Bonchev–Trinajstić information content (AvgIpc) is 3.17. The lowest BCUT2D eigenvalue weighted by molar-refractivity contribution is -0.129. The number of aryl methyl sites for hydroxylation is 1. The maximum Gasteiger partial charge on any atom is 0.270 e. The summed E-state index contributed by atoms with van der Waals surface area (Å²) in [4.78, 5) is 42.2. The Balaban J connectivity index is 1.23. The third-order valence-corrected chi connectivity index (χ3v) is 7.07.